The Bertz CT molecular complexity index is 540. The highest BCUT2D eigenvalue weighted by Gasteiger charge is 2.77. The van der Waals surface area contributed by atoms with Crippen molar-refractivity contribution < 1.29 is 26.7 Å². The van der Waals surface area contributed by atoms with E-state index in [0.717, 1.165) is 19.3 Å². The van der Waals surface area contributed by atoms with Gasteiger partial charge < -0.3 is 4.74 Å². The quantitative estimate of drug-likeness (QED) is 0.536. The van der Waals surface area contributed by atoms with Crippen LogP contribution in [0.4, 0.5) is 22.0 Å². The second-order valence-corrected chi connectivity index (χ2v) is 9.81. The third-order valence-electron chi connectivity index (χ3n) is 8.33. The zero-order valence-corrected chi connectivity index (χ0v) is 14.9. The zero-order chi connectivity index (χ0) is 18.4. The number of hydrogen-bond acceptors (Lipinski definition) is 1. The second kappa shape index (κ2) is 4.90. The van der Waals surface area contributed by atoms with E-state index in [1.54, 1.807) is 0 Å². The van der Waals surface area contributed by atoms with E-state index in [-0.39, 0.29) is 31.1 Å². The lowest BCUT2D eigenvalue weighted by molar-refractivity contribution is -0.412. The summed E-state index contributed by atoms with van der Waals surface area (Å²) in [5, 5.41) is 0. The van der Waals surface area contributed by atoms with Gasteiger partial charge in [-0.2, -0.15) is 8.78 Å². The SMILES string of the molecule is CC12CCC(OC(F)(F)C34CCC(C)(CC3)C(F)(F)C4F)(CC1)CC2. The Morgan fingerprint density at radius 3 is 1.76 bits per heavy atom. The van der Waals surface area contributed by atoms with Crippen molar-refractivity contribution in [2.45, 2.75) is 102 Å². The van der Waals surface area contributed by atoms with E-state index in [1.807, 2.05) is 0 Å². The highest BCUT2D eigenvalue weighted by Crippen LogP contribution is 2.69. The van der Waals surface area contributed by atoms with Crippen molar-refractivity contribution in [2.24, 2.45) is 16.2 Å². The summed E-state index contributed by atoms with van der Waals surface area (Å²) in [7, 11) is 0. The van der Waals surface area contributed by atoms with Crippen LogP contribution in [0.1, 0.15) is 78.1 Å². The standard InChI is InChI=1S/C19H27F5O/c1-14-3-8-16(9-4-14,10-5-14)25-19(23,24)17-11-6-15(2,7-12-17)18(21,22)13(17)20/h13H,3-12H2,1-2H3. The molecule has 6 heteroatoms. The smallest absolute Gasteiger partial charge is 0.313 e. The molecule has 25 heavy (non-hydrogen) atoms. The van der Waals surface area contributed by atoms with Crippen LogP contribution in [-0.2, 0) is 4.74 Å². The van der Waals surface area contributed by atoms with Crippen molar-refractivity contribution in [2.75, 3.05) is 0 Å². The number of ether oxygens (including phenoxy) is 1. The zero-order valence-electron chi connectivity index (χ0n) is 14.9. The molecule has 0 aromatic rings. The molecule has 6 aliphatic carbocycles. The molecule has 0 aliphatic heterocycles. The maximum Gasteiger partial charge on any atom is 0.364 e. The summed E-state index contributed by atoms with van der Waals surface area (Å²) in [5.74, 6) is -3.73. The van der Waals surface area contributed by atoms with Crippen molar-refractivity contribution in [1.29, 1.82) is 0 Å². The van der Waals surface area contributed by atoms with Crippen molar-refractivity contribution in [1.82, 2.24) is 0 Å². The molecule has 4 bridgehead atoms. The molecule has 6 aliphatic rings. The Labute approximate surface area is 145 Å². The highest BCUT2D eigenvalue weighted by atomic mass is 19.3. The molecule has 1 atom stereocenters. The number of alkyl halides is 5. The molecular weight excluding hydrogens is 339 g/mol. The van der Waals surface area contributed by atoms with Crippen LogP contribution in [-0.4, -0.2) is 23.8 Å². The third-order valence-corrected chi connectivity index (χ3v) is 8.33. The first-order valence-electron chi connectivity index (χ1n) is 9.50. The molecule has 0 aromatic heterocycles. The van der Waals surface area contributed by atoms with Gasteiger partial charge in [-0.05, 0) is 69.6 Å². The number of rotatable bonds is 3. The van der Waals surface area contributed by atoms with Crippen LogP contribution in [0.15, 0.2) is 0 Å². The topological polar surface area (TPSA) is 9.23 Å². The minimum absolute atomic E-state index is 0.0789. The molecule has 0 aromatic carbocycles. The van der Waals surface area contributed by atoms with Gasteiger partial charge >= 0.3 is 6.11 Å². The minimum Gasteiger partial charge on any atom is -0.313 e. The Hall–Kier alpha value is -0.390. The molecule has 6 rings (SSSR count). The van der Waals surface area contributed by atoms with E-state index >= 15 is 8.78 Å². The van der Waals surface area contributed by atoms with Gasteiger partial charge in [-0.3, -0.25) is 0 Å². The van der Waals surface area contributed by atoms with E-state index in [4.69, 9.17) is 4.74 Å². The van der Waals surface area contributed by atoms with Gasteiger partial charge in [0.15, 0.2) is 6.17 Å². The molecule has 1 nitrogen and oxygen atoms in total. The lowest BCUT2D eigenvalue weighted by Crippen LogP contribution is -2.69. The Morgan fingerprint density at radius 2 is 1.28 bits per heavy atom. The van der Waals surface area contributed by atoms with E-state index in [2.05, 4.69) is 6.92 Å². The van der Waals surface area contributed by atoms with Gasteiger partial charge in [0.2, 0.25) is 0 Å². The van der Waals surface area contributed by atoms with E-state index in [9.17, 15) is 13.2 Å². The van der Waals surface area contributed by atoms with Crippen LogP contribution in [0, 0.1) is 16.2 Å². The monoisotopic (exact) mass is 366 g/mol. The molecule has 144 valence electrons. The predicted octanol–water partition coefficient (Wildman–Crippen LogP) is 6.26. The normalized spacial score (nSPS) is 51.7. The summed E-state index contributed by atoms with van der Waals surface area (Å²) >= 11 is 0. The molecule has 0 saturated heterocycles. The lowest BCUT2D eigenvalue weighted by Gasteiger charge is -2.61. The number of halogens is 5. The summed E-state index contributed by atoms with van der Waals surface area (Å²) in [4.78, 5) is 0. The first-order chi connectivity index (χ1) is 11.4. The fourth-order valence-corrected chi connectivity index (χ4v) is 5.79. The molecule has 0 radical (unpaired) electrons. The molecule has 0 amide bonds. The maximum atomic E-state index is 15.2. The van der Waals surface area contributed by atoms with E-state index in [0.29, 0.717) is 19.3 Å². The number of fused-ring (bicyclic) bond motifs is 6. The Balaban J connectivity index is 1.62. The van der Waals surface area contributed by atoms with Crippen LogP contribution in [0.3, 0.4) is 0 Å². The van der Waals surface area contributed by atoms with Gasteiger partial charge in [0.05, 0.1) is 11.0 Å². The lowest BCUT2D eigenvalue weighted by atomic mass is 9.51. The molecule has 0 heterocycles. The van der Waals surface area contributed by atoms with Crippen molar-refractivity contribution in [3.05, 3.63) is 0 Å². The fourth-order valence-electron chi connectivity index (χ4n) is 5.79. The third kappa shape index (κ3) is 2.21. The molecule has 6 fully saturated rings. The van der Waals surface area contributed by atoms with Crippen molar-refractivity contribution in [3.8, 4) is 0 Å². The summed E-state index contributed by atoms with van der Waals surface area (Å²) < 4.78 is 79.6. The van der Waals surface area contributed by atoms with Crippen LogP contribution < -0.4 is 0 Å². The Kier molecular flexibility index (Phi) is 3.53. The maximum absolute atomic E-state index is 15.2. The molecule has 0 spiro atoms. The molecule has 0 N–H and O–H groups in total. The van der Waals surface area contributed by atoms with Crippen molar-refractivity contribution in [3.63, 3.8) is 0 Å². The first kappa shape index (κ1) is 18.0. The minimum atomic E-state index is -3.86. The van der Waals surface area contributed by atoms with Gasteiger partial charge in [-0.1, -0.05) is 13.8 Å². The number of hydrogen-bond donors (Lipinski definition) is 0. The summed E-state index contributed by atoms with van der Waals surface area (Å²) in [6.07, 6.45) is -3.37. The van der Waals surface area contributed by atoms with Crippen LogP contribution in [0.25, 0.3) is 0 Å². The van der Waals surface area contributed by atoms with Crippen LogP contribution in [0.5, 0.6) is 0 Å². The predicted molar refractivity (Wildman–Crippen MR) is 83.4 cm³/mol. The summed E-state index contributed by atoms with van der Waals surface area (Å²) in [5.41, 5.74) is -4.68. The fraction of sp³-hybridized carbons (Fsp3) is 1.00. The molecule has 1 unspecified atom stereocenters. The first-order valence-corrected chi connectivity index (χ1v) is 9.50. The van der Waals surface area contributed by atoms with Gasteiger partial charge in [0.1, 0.15) is 0 Å². The average molecular weight is 366 g/mol. The molecule has 6 saturated carbocycles. The van der Waals surface area contributed by atoms with E-state index < -0.39 is 34.6 Å². The highest BCUT2D eigenvalue weighted by molar-refractivity contribution is 5.15. The summed E-state index contributed by atoms with van der Waals surface area (Å²) in [6, 6.07) is 0. The van der Waals surface area contributed by atoms with Gasteiger partial charge in [-0.25, -0.2) is 13.2 Å². The molecular formula is C19H27F5O. The van der Waals surface area contributed by atoms with Crippen molar-refractivity contribution >= 4 is 0 Å². The van der Waals surface area contributed by atoms with E-state index in [1.165, 1.54) is 6.92 Å². The van der Waals surface area contributed by atoms with Gasteiger partial charge in [-0.15, -0.1) is 0 Å². The van der Waals surface area contributed by atoms with Gasteiger partial charge in [0.25, 0.3) is 5.92 Å². The van der Waals surface area contributed by atoms with Crippen LogP contribution in [0.2, 0.25) is 0 Å². The Morgan fingerprint density at radius 1 is 0.800 bits per heavy atom. The largest absolute Gasteiger partial charge is 0.364 e. The van der Waals surface area contributed by atoms with Gasteiger partial charge in [0, 0.05) is 5.41 Å². The van der Waals surface area contributed by atoms with Crippen LogP contribution >= 0.6 is 0 Å². The summed E-state index contributed by atoms with van der Waals surface area (Å²) in [6.45, 7) is 3.48. The second-order valence-electron chi connectivity index (χ2n) is 9.81. The average Bonchev–Trinajstić information content (AvgIpc) is 2.54.